The molecule has 2 heterocycles. The van der Waals surface area contributed by atoms with E-state index in [0.29, 0.717) is 10.9 Å². The first-order valence-corrected chi connectivity index (χ1v) is 11.3. The van der Waals surface area contributed by atoms with Crippen LogP contribution >= 0.6 is 0 Å². The van der Waals surface area contributed by atoms with E-state index in [1.165, 1.54) is 39.9 Å². The van der Waals surface area contributed by atoms with Crippen molar-refractivity contribution in [2.75, 3.05) is 10.0 Å². The van der Waals surface area contributed by atoms with Crippen molar-refractivity contribution in [2.24, 2.45) is 14.1 Å². The topological polar surface area (TPSA) is 159 Å². The molecular formula is C22H18N6O5S. The van der Waals surface area contributed by atoms with Crippen LogP contribution in [0.2, 0.25) is 0 Å². The molecule has 1 amide bonds. The van der Waals surface area contributed by atoms with Crippen LogP contribution < -0.4 is 10.0 Å². The van der Waals surface area contributed by atoms with Crippen molar-refractivity contribution in [3.63, 3.8) is 0 Å². The average Bonchev–Trinajstić information content (AvgIpc) is 3.38. The maximum absolute atomic E-state index is 13.0. The average molecular weight is 478 g/mol. The van der Waals surface area contributed by atoms with Crippen LogP contribution in [-0.2, 0) is 24.1 Å². The van der Waals surface area contributed by atoms with Gasteiger partial charge in [0.1, 0.15) is 5.69 Å². The van der Waals surface area contributed by atoms with E-state index in [1.807, 2.05) is 6.07 Å². The zero-order valence-electron chi connectivity index (χ0n) is 18.0. The Hall–Kier alpha value is -4.63. The van der Waals surface area contributed by atoms with Crippen LogP contribution in [0.25, 0.3) is 10.9 Å². The highest BCUT2D eigenvalue weighted by Crippen LogP contribution is 2.29. The van der Waals surface area contributed by atoms with Gasteiger partial charge in [0, 0.05) is 25.7 Å². The number of nitrogens with zero attached hydrogens (tertiary/aromatic N) is 4. The highest BCUT2D eigenvalue weighted by atomic mass is 32.2. The Bertz CT molecular complexity index is 1610. The number of carboxylic acids is 1. The van der Waals surface area contributed by atoms with E-state index in [1.54, 1.807) is 38.4 Å². The minimum absolute atomic E-state index is 0.0258. The summed E-state index contributed by atoms with van der Waals surface area (Å²) in [5.74, 6) is -1.90. The van der Waals surface area contributed by atoms with Gasteiger partial charge in [-0.05, 0) is 30.3 Å². The van der Waals surface area contributed by atoms with Crippen molar-refractivity contribution < 1.29 is 23.1 Å². The van der Waals surface area contributed by atoms with Crippen molar-refractivity contribution >= 4 is 44.2 Å². The van der Waals surface area contributed by atoms with E-state index in [2.05, 4.69) is 15.0 Å². The van der Waals surface area contributed by atoms with Gasteiger partial charge in [-0.3, -0.25) is 9.52 Å². The zero-order chi connectivity index (χ0) is 24.6. The molecule has 0 fully saturated rings. The first kappa shape index (κ1) is 22.6. The van der Waals surface area contributed by atoms with Crippen LogP contribution in [0.1, 0.15) is 26.4 Å². The van der Waals surface area contributed by atoms with Crippen LogP contribution in [0.4, 0.5) is 11.4 Å². The molecule has 2 aromatic heterocycles. The predicted molar refractivity (Wildman–Crippen MR) is 123 cm³/mol. The number of hydrogen-bond donors (Lipinski definition) is 3. The fraction of sp³-hybridized carbons (Fsp3) is 0.0909. The molecule has 0 spiro atoms. The van der Waals surface area contributed by atoms with Crippen molar-refractivity contribution in [2.45, 2.75) is 5.03 Å². The molecule has 2 aromatic carbocycles. The molecule has 0 aliphatic rings. The lowest BCUT2D eigenvalue weighted by Gasteiger charge is -2.11. The third-order valence-electron chi connectivity index (χ3n) is 5.12. The van der Waals surface area contributed by atoms with Gasteiger partial charge < -0.3 is 19.6 Å². The quantitative estimate of drug-likeness (QED) is 0.384. The van der Waals surface area contributed by atoms with Crippen LogP contribution in [-0.4, -0.2) is 39.5 Å². The molecule has 0 aliphatic carbocycles. The molecule has 0 saturated carbocycles. The Kier molecular flexibility index (Phi) is 5.56. The zero-order valence-corrected chi connectivity index (χ0v) is 18.8. The van der Waals surface area contributed by atoms with Crippen molar-refractivity contribution in [3.05, 3.63) is 71.8 Å². The number of nitrogens with one attached hydrogen (secondary N) is 2. The number of sulfonamides is 1. The fourth-order valence-electron chi connectivity index (χ4n) is 3.53. The minimum Gasteiger partial charge on any atom is -0.478 e. The lowest BCUT2D eigenvalue weighted by atomic mass is 10.1. The van der Waals surface area contributed by atoms with Crippen molar-refractivity contribution in [3.8, 4) is 6.07 Å². The highest BCUT2D eigenvalue weighted by molar-refractivity contribution is 7.92. The molecule has 12 heteroatoms. The number of aromatic nitrogens is 3. The number of rotatable bonds is 6. The minimum atomic E-state index is -3.97. The van der Waals surface area contributed by atoms with Gasteiger partial charge in [0.15, 0.2) is 5.03 Å². The Balaban J connectivity index is 1.71. The summed E-state index contributed by atoms with van der Waals surface area (Å²) in [6.45, 7) is 0. The second-order valence-electron chi connectivity index (χ2n) is 7.45. The summed E-state index contributed by atoms with van der Waals surface area (Å²) >= 11 is 0. The molecule has 0 atom stereocenters. The first-order valence-electron chi connectivity index (χ1n) is 9.78. The summed E-state index contributed by atoms with van der Waals surface area (Å²) < 4.78 is 31.0. The maximum Gasteiger partial charge on any atom is 0.337 e. The Morgan fingerprint density at radius 2 is 1.88 bits per heavy atom. The third kappa shape index (κ3) is 4.07. The Labute approximate surface area is 193 Å². The number of fused-ring (bicyclic) bond motifs is 1. The monoisotopic (exact) mass is 478 g/mol. The van der Waals surface area contributed by atoms with Gasteiger partial charge in [-0.1, -0.05) is 12.1 Å². The van der Waals surface area contributed by atoms with Gasteiger partial charge in [-0.25, -0.2) is 9.78 Å². The summed E-state index contributed by atoms with van der Waals surface area (Å²) in [4.78, 5) is 28.5. The Morgan fingerprint density at radius 3 is 2.53 bits per heavy atom. The largest absolute Gasteiger partial charge is 0.478 e. The lowest BCUT2D eigenvalue weighted by molar-refractivity contribution is 0.0698. The van der Waals surface area contributed by atoms with E-state index in [9.17, 15) is 23.1 Å². The number of hydrogen-bond acceptors (Lipinski definition) is 6. The predicted octanol–water partition coefficient (Wildman–Crippen LogP) is 2.53. The first-order chi connectivity index (χ1) is 16.1. The van der Waals surface area contributed by atoms with Crippen molar-refractivity contribution in [1.29, 1.82) is 5.26 Å². The Morgan fingerprint density at radius 1 is 1.12 bits per heavy atom. The molecule has 0 bridgehead atoms. The second kappa shape index (κ2) is 8.38. The highest BCUT2D eigenvalue weighted by Gasteiger charge is 2.22. The number of nitriles is 1. The number of aryl methyl sites for hydroxylation is 2. The van der Waals surface area contributed by atoms with E-state index >= 15 is 0 Å². The van der Waals surface area contributed by atoms with E-state index in [4.69, 9.17) is 5.26 Å². The molecular weight excluding hydrogens is 460 g/mol. The smallest absolute Gasteiger partial charge is 0.337 e. The number of carbonyl (C=O) groups excluding carboxylic acids is 1. The number of carboxylic acid groups (broad SMARTS) is 1. The van der Waals surface area contributed by atoms with E-state index in [-0.39, 0.29) is 33.2 Å². The van der Waals surface area contributed by atoms with Crippen molar-refractivity contribution in [1.82, 2.24) is 14.1 Å². The molecule has 0 saturated heterocycles. The molecule has 0 radical (unpaired) electrons. The SMILES string of the molecule is Cn1cnc(S(=O)(=O)Nc2cccc3cc(C(=O)Nc4ccc(C#N)cc4C(=O)O)n(C)c23)c1. The lowest BCUT2D eigenvalue weighted by Crippen LogP contribution is -2.18. The normalized spacial score (nSPS) is 11.2. The van der Waals surface area contributed by atoms with Gasteiger partial charge in [0.2, 0.25) is 0 Å². The number of benzene rings is 2. The van der Waals surface area contributed by atoms with Gasteiger partial charge in [0.25, 0.3) is 15.9 Å². The van der Waals surface area contributed by atoms with Crippen LogP contribution in [0.5, 0.6) is 0 Å². The molecule has 0 aliphatic heterocycles. The number of amides is 1. The summed E-state index contributed by atoms with van der Waals surface area (Å²) in [6.07, 6.45) is 2.73. The van der Waals surface area contributed by atoms with Gasteiger partial charge in [-0.15, -0.1) is 0 Å². The molecule has 0 unspecified atom stereocenters. The van der Waals surface area contributed by atoms with E-state index in [0.717, 1.165) is 0 Å². The standard InChI is InChI=1S/C22H18N6O5S/c1-27-11-19(24-12-27)34(32,33)26-17-5-3-4-14-9-18(28(2)20(14)17)21(29)25-16-7-6-13(10-23)8-15(16)22(30)31/h3-9,11-12,26H,1-2H3,(H,25,29)(H,30,31). The molecule has 11 nitrogen and oxygen atoms in total. The fourth-order valence-corrected chi connectivity index (χ4v) is 4.58. The maximum atomic E-state index is 13.0. The number of anilines is 2. The summed E-state index contributed by atoms with van der Waals surface area (Å²) in [5.41, 5.74) is 0.803. The third-order valence-corrected chi connectivity index (χ3v) is 6.37. The molecule has 4 aromatic rings. The van der Waals surface area contributed by atoms with Crippen LogP contribution in [0.3, 0.4) is 0 Å². The van der Waals surface area contributed by atoms with Gasteiger partial charge >= 0.3 is 5.97 Å². The van der Waals surface area contributed by atoms with Crippen LogP contribution in [0.15, 0.2) is 60.0 Å². The second-order valence-corrected chi connectivity index (χ2v) is 9.08. The summed E-state index contributed by atoms with van der Waals surface area (Å²) in [7, 11) is -0.728. The molecule has 3 N–H and O–H groups in total. The molecule has 172 valence electrons. The number of imidazole rings is 1. The van der Waals surface area contributed by atoms with Gasteiger partial charge in [0.05, 0.1) is 40.4 Å². The molecule has 4 rings (SSSR count). The number of carbonyl (C=O) groups is 2. The molecule has 34 heavy (non-hydrogen) atoms. The summed E-state index contributed by atoms with van der Waals surface area (Å²) in [6, 6.07) is 12.3. The summed E-state index contributed by atoms with van der Waals surface area (Å²) in [5, 5.41) is 21.4. The van der Waals surface area contributed by atoms with Gasteiger partial charge in [-0.2, -0.15) is 13.7 Å². The van der Waals surface area contributed by atoms with Crippen LogP contribution in [0, 0.1) is 11.3 Å². The van der Waals surface area contributed by atoms with E-state index < -0.39 is 21.9 Å². The number of para-hydroxylation sites is 1. The number of aromatic carboxylic acids is 1.